The van der Waals surface area contributed by atoms with Crippen LogP contribution in [0.15, 0.2) is 11.6 Å². The monoisotopic (exact) mass is 920 g/mol. The maximum atomic E-state index is 10.3. The molecule has 1 unspecified atom stereocenters. The molecule has 1 atom stereocenters. The number of aliphatic hydroxyl groups is 2. The quantitative estimate of drug-likeness (QED) is 0.0200. The molecule has 31 nitrogen and oxygen atoms in total. The zero-order valence-corrected chi connectivity index (χ0v) is 34.8. The Kier molecular flexibility index (Phi) is 47.6. The van der Waals surface area contributed by atoms with Gasteiger partial charge in [-0.3, -0.25) is 43.2 Å². The molecule has 0 radical (unpaired) electrons. The third-order valence-corrected chi connectivity index (χ3v) is 4.72. The van der Waals surface area contributed by atoms with Gasteiger partial charge in [-0.15, -0.1) is 0 Å². The van der Waals surface area contributed by atoms with Crippen molar-refractivity contribution in [3.05, 3.63) is 11.6 Å². The van der Waals surface area contributed by atoms with E-state index in [2.05, 4.69) is 9.47 Å². The van der Waals surface area contributed by atoms with Crippen molar-refractivity contribution in [1.29, 1.82) is 0 Å². The van der Waals surface area contributed by atoms with Crippen molar-refractivity contribution in [2.75, 3.05) is 14.2 Å². The Labute approximate surface area is 367 Å². The summed E-state index contributed by atoms with van der Waals surface area (Å²) in [5.41, 5.74) is -6.20. The molecule has 32 heteroatoms. The van der Waals surface area contributed by atoms with Gasteiger partial charge in [-0.2, -0.15) is 0 Å². The van der Waals surface area contributed by atoms with Gasteiger partial charge in [0, 0.05) is 32.3 Å². The van der Waals surface area contributed by atoms with Crippen molar-refractivity contribution in [2.45, 2.75) is 70.0 Å². The number of carbonyl (C=O) groups excluding carboxylic acids is 4. The van der Waals surface area contributed by atoms with Crippen LogP contribution in [0.25, 0.3) is 0 Å². The molecule has 0 rings (SSSR count). The molecule has 0 aliphatic rings. The van der Waals surface area contributed by atoms with Crippen LogP contribution in [-0.2, 0) is 81.4 Å². The average molecular weight is 921 g/mol. The van der Waals surface area contributed by atoms with Gasteiger partial charge in [0.15, 0.2) is 11.2 Å². The summed E-state index contributed by atoms with van der Waals surface area (Å²) in [5.74, 6) is -18.4. The second-order valence-corrected chi connectivity index (χ2v) is 9.96. The van der Waals surface area contributed by atoms with Gasteiger partial charge in [0.25, 0.3) is 12.4 Å². The normalized spacial score (nSPS) is 10.1. The van der Waals surface area contributed by atoms with Crippen LogP contribution in [0.4, 0.5) is 0 Å². The first kappa shape index (κ1) is 72.5. The number of aliphatic carboxylic acids is 11. The molecule has 0 saturated carbocycles. The molecular formula is C30H41NaO31. The van der Waals surface area contributed by atoms with E-state index in [4.69, 9.17) is 76.0 Å². The predicted octanol–water partition coefficient (Wildman–Crippen LogP) is -7.71. The molecule has 0 heterocycles. The van der Waals surface area contributed by atoms with Crippen molar-refractivity contribution in [2.24, 2.45) is 0 Å². The van der Waals surface area contributed by atoms with Gasteiger partial charge in [0.1, 0.15) is 0 Å². The Morgan fingerprint density at radius 3 is 1.05 bits per heavy atom. The van der Waals surface area contributed by atoms with Crippen LogP contribution < -0.4 is 34.7 Å². The number of esters is 2. The minimum atomic E-state index is -2.80. The number of ether oxygens (including phenoxy) is 2. The van der Waals surface area contributed by atoms with Gasteiger partial charge >= 0.3 is 95.2 Å². The average Bonchev–Trinajstić information content (AvgIpc) is 3.05. The van der Waals surface area contributed by atoms with Crippen molar-refractivity contribution >= 4 is 89.9 Å². The summed E-state index contributed by atoms with van der Waals surface area (Å²) in [6.07, 6.45) is -5.38. The predicted molar refractivity (Wildman–Crippen MR) is 181 cm³/mol. The van der Waals surface area contributed by atoms with Crippen LogP contribution in [0, 0.1) is 0 Å². The van der Waals surface area contributed by atoms with E-state index in [-0.39, 0.29) is 48.9 Å². The summed E-state index contributed by atoms with van der Waals surface area (Å²) in [4.78, 5) is 148. The summed E-state index contributed by atoms with van der Waals surface area (Å²) in [5, 5.41) is 116. The van der Waals surface area contributed by atoms with E-state index in [0.29, 0.717) is 6.08 Å². The van der Waals surface area contributed by atoms with Crippen LogP contribution in [0.1, 0.15) is 58.8 Å². The van der Waals surface area contributed by atoms with Crippen molar-refractivity contribution < 1.29 is 182 Å². The Balaban J connectivity index is -0.0000000950. The topological polar surface area (TPSA) is 561 Å². The van der Waals surface area contributed by atoms with E-state index < -0.39 is 132 Å². The summed E-state index contributed by atoms with van der Waals surface area (Å²) in [6, 6.07) is 0. The van der Waals surface area contributed by atoms with Gasteiger partial charge in [-0.1, -0.05) is 0 Å². The zero-order chi connectivity index (χ0) is 50.4. The maximum absolute atomic E-state index is 10.3. The van der Waals surface area contributed by atoms with Crippen molar-refractivity contribution in [1.82, 2.24) is 0 Å². The Hall–Kier alpha value is -7.09. The Morgan fingerprint density at radius 2 is 0.887 bits per heavy atom. The van der Waals surface area contributed by atoms with Gasteiger partial charge in [-0.05, 0) is 0 Å². The van der Waals surface area contributed by atoms with E-state index in [1.165, 1.54) is 14.2 Å². The Morgan fingerprint density at radius 1 is 0.565 bits per heavy atom. The third kappa shape index (κ3) is 57.2. The first-order valence-corrected chi connectivity index (χ1v) is 14.8. The molecule has 62 heavy (non-hydrogen) atoms. The smallest absolute Gasteiger partial charge is 0.550 e. The Bertz CT molecular complexity index is 1500. The molecule has 0 aliphatic carbocycles. The fourth-order valence-corrected chi connectivity index (χ4v) is 2.37. The minimum Gasteiger partial charge on any atom is -0.550 e. The summed E-state index contributed by atoms with van der Waals surface area (Å²) < 4.78 is 8.22. The first-order valence-electron chi connectivity index (χ1n) is 14.8. The molecule has 348 valence electrons. The molecule has 13 N–H and O–H groups in total. The largest absolute Gasteiger partial charge is 1.00 e. The van der Waals surface area contributed by atoms with E-state index in [9.17, 15) is 67.4 Å². The molecule has 0 amide bonds. The molecule has 0 aromatic carbocycles. The van der Waals surface area contributed by atoms with E-state index in [0.717, 1.165) is 13.8 Å². The van der Waals surface area contributed by atoms with Gasteiger partial charge in [-0.25, -0.2) is 24.0 Å². The van der Waals surface area contributed by atoms with E-state index >= 15 is 0 Å². The van der Waals surface area contributed by atoms with Gasteiger partial charge < -0.3 is 85.8 Å². The molecule has 0 bridgehead atoms. The third-order valence-electron chi connectivity index (χ3n) is 4.72. The number of hydrogen-bond donors (Lipinski definition) is 13. The van der Waals surface area contributed by atoms with Crippen molar-refractivity contribution in [3.8, 4) is 0 Å². The maximum Gasteiger partial charge on any atom is 1.00 e. The minimum absolute atomic E-state index is 0. The molecule has 0 aromatic rings. The molecule has 0 fully saturated rings. The SMILES string of the molecule is CC(=O)O.COC(=O)C(C)=O.COC(=O)CCC(=O)O.O=C(O)C=C(CC(=O)O)C(=O)O.O=C(O)CC(O)(CC(=O)O)C(=O)O.O=C([O-])CC(O)(CC(=O)O)C(=O)O.O=CO.[Na+]. The van der Waals surface area contributed by atoms with E-state index in [1.54, 1.807) is 0 Å². The fraction of sp³-hybridized carbons (Fsp3) is 0.433. The molecular weight excluding hydrogens is 879 g/mol. The second-order valence-electron chi connectivity index (χ2n) is 9.96. The van der Waals surface area contributed by atoms with Crippen LogP contribution >= 0.6 is 0 Å². The second kappa shape index (κ2) is 40.7. The van der Waals surface area contributed by atoms with Crippen LogP contribution in [0.3, 0.4) is 0 Å². The summed E-state index contributed by atoms with van der Waals surface area (Å²) in [6.45, 7) is 1.99. The van der Waals surface area contributed by atoms with Crippen LogP contribution in [0.5, 0.6) is 0 Å². The number of hydrogen-bond acceptors (Lipinski definition) is 20. The zero-order valence-electron chi connectivity index (χ0n) is 32.8. The van der Waals surface area contributed by atoms with Crippen LogP contribution in [0.2, 0.25) is 0 Å². The fourth-order valence-electron chi connectivity index (χ4n) is 2.37. The number of Topliss-reactive ketones (excluding diaryl/α,β-unsaturated/α-hetero) is 1. The summed E-state index contributed by atoms with van der Waals surface area (Å²) in [7, 11) is 2.40. The standard InChI is InChI=1S/2C6H8O7.C6H6O6.C5H8O4.C4H6O3.C2H4O2.CH2O2.Na/c2*7-3(8)1-6(13,5(11)12)2-4(9)10;7-4(8)1-3(6(11)12)2-5(9)10;1-9-5(8)3-2-4(6)7;1-3(5)4(6)7-2;1-2(3)4;2-1-3;/h2*13H,1-2H2,(H,7,8)(H,9,10)(H,11,12);1H,2H2,(H,7,8)(H,9,10)(H,11,12);2-3H2,1H3,(H,6,7);1-2H3;1H3,(H,3,4);1H,(H,2,3);/q;;;;;;;+1/p-1. The number of ketones is 1. The number of carbonyl (C=O) groups is 15. The number of methoxy groups -OCH3 is 2. The number of carboxylic acids is 11. The number of carboxylic acid groups (broad SMARTS) is 12. The van der Waals surface area contributed by atoms with Crippen LogP contribution in [-0.4, -0.2) is 182 Å². The van der Waals surface area contributed by atoms with E-state index in [1.807, 2.05) is 0 Å². The van der Waals surface area contributed by atoms with Crippen molar-refractivity contribution in [3.63, 3.8) is 0 Å². The molecule has 0 aromatic heterocycles. The molecule has 0 spiro atoms. The number of rotatable bonds is 18. The summed E-state index contributed by atoms with van der Waals surface area (Å²) >= 11 is 0. The first-order chi connectivity index (χ1) is 27.5. The van der Waals surface area contributed by atoms with Gasteiger partial charge in [0.2, 0.25) is 5.78 Å². The van der Waals surface area contributed by atoms with Gasteiger partial charge in [0.05, 0.1) is 58.3 Å². The molecule has 0 aliphatic heterocycles. The molecule has 0 saturated heterocycles.